The van der Waals surface area contributed by atoms with Crippen molar-refractivity contribution in [1.29, 1.82) is 0 Å². The maximum atomic E-state index is 12.6. The van der Waals surface area contributed by atoms with Crippen LogP contribution in [-0.2, 0) is 11.2 Å². The third-order valence-electron chi connectivity index (χ3n) is 4.09. The Morgan fingerprint density at radius 2 is 1.80 bits per heavy atom. The van der Waals surface area contributed by atoms with Gasteiger partial charge >= 0.3 is 0 Å². The minimum atomic E-state index is -0.669. The summed E-state index contributed by atoms with van der Waals surface area (Å²) >= 11 is 5.12. The van der Waals surface area contributed by atoms with Crippen LogP contribution in [0.25, 0.3) is 21.0 Å². The van der Waals surface area contributed by atoms with Crippen LogP contribution in [0.2, 0.25) is 0 Å². The van der Waals surface area contributed by atoms with Gasteiger partial charge in [0.15, 0.2) is 5.13 Å². The first-order chi connectivity index (χ1) is 14.4. The second kappa shape index (κ2) is 10.0. The lowest BCUT2D eigenvalue weighted by Crippen LogP contribution is -1.95. The smallest absolute Gasteiger partial charge is 0.183 e. The van der Waals surface area contributed by atoms with E-state index in [0.717, 1.165) is 33.7 Å². The van der Waals surface area contributed by atoms with Crippen LogP contribution in [0.1, 0.15) is 16.3 Å². The average Bonchev–Trinajstić information content (AvgIpc) is 3.44. The van der Waals surface area contributed by atoms with E-state index in [1.165, 1.54) is 21.4 Å². The molecule has 4 aromatic rings. The van der Waals surface area contributed by atoms with Gasteiger partial charge in [-0.15, -0.1) is 11.3 Å². The van der Waals surface area contributed by atoms with Gasteiger partial charge in [-0.25, -0.2) is 18.7 Å². The molecule has 0 amide bonds. The molecular formula is C21H19F2N3OS3. The molecule has 0 saturated carbocycles. The van der Waals surface area contributed by atoms with Crippen LogP contribution in [0.3, 0.4) is 0 Å². The molecule has 3 heterocycles. The van der Waals surface area contributed by atoms with E-state index < -0.39 is 11.6 Å². The molecule has 0 saturated heterocycles. The molecule has 0 aliphatic carbocycles. The molecule has 4 nitrogen and oxygen atoms in total. The van der Waals surface area contributed by atoms with Crippen LogP contribution in [0.15, 0.2) is 35.0 Å². The standard InChI is InChI=1S/C13H13N3S3.C8H6F2O/c1-7-11(18-8(2)15-7)10-12(9-4-5-17-6-9)19-13(14-3)16-10;9-7-2-1-3-8(10)6(7)4-5-11/h4-6H,1-3H3,(H,14,16);1-3,5H,4H2. The van der Waals surface area contributed by atoms with Gasteiger partial charge in [-0.3, -0.25) is 0 Å². The molecule has 3 aromatic heterocycles. The van der Waals surface area contributed by atoms with E-state index in [1.54, 1.807) is 34.0 Å². The van der Waals surface area contributed by atoms with E-state index in [0.29, 0.717) is 6.29 Å². The fraction of sp³-hybridized carbons (Fsp3) is 0.190. The van der Waals surface area contributed by atoms with E-state index in [1.807, 2.05) is 14.0 Å². The number of benzene rings is 1. The van der Waals surface area contributed by atoms with E-state index in [9.17, 15) is 13.6 Å². The van der Waals surface area contributed by atoms with Crippen LogP contribution in [0.4, 0.5) is 13.9 Å². The van der Waals surface area contributed by atoms with Crippen LogP contribution in [0, 0.1) is 25.5 Å². The zero-order chi connectivity index (χ0) is 21.7. The summed E-state index contributed by atoms with van der Waals surface area (Å²) < 4.78 is 25.3. The van der Waals surface area contributed by atoms with Gasteiger partial charge in [-0.05, 0) is 42.8 Å². The average molecular weight is 464 g/mol. The van der Waals surface area contributed by atoms with Crippen molar-refractivity contribution >= 4 is 45.4 Å². The highest BCUT2D eigenvalue weighted by Crippen LogP contribution is 2.42. The summed E-state index contributed by atoms with van der Waals surface area (Å²) in [6, 6.07) is 5.66. The highest BCUT2D eigenvalue weighted by Gasteiger charge is 2.19. The van der Waals surface area contributed by atoms with Crippen molar-refractivity contribution in [2.75, 3.05) is 12.4 Å². The number of aryl methyl sites for hydroxylation is 2. The number of aromatic nitrogens is 2. The predicted molar refractivity (Wildman–Crippen MR) is 122 cm³/mol. The maximum Gasteiger partial charge on any atom is 0.183 e. The molecule has 0 atom stereocenters. The van der Waals surface area contributed by atoms with Gasteiger partial charge in [0.05, 0.1) is 20.5 Å². The number of hydrogen-bond acceptors (Lipinski definition) is 7. The number of halogens is 2. The van der Waals surface area contributed by atoms with Crippen molar-refractivity contribution in [3.8, 4) is 21.0 Å². The Labute approximate surface area is 185 Å². The molecular weight excluding hydrogens is 444 g/mol. The lowest BCUT2D eigenvalue weighted by Gasteiger charge is -1.98. The first kappa shape index (κ1) is 22.2. The fourth-order valence-corrected chi connectivity index (χ4v) is 5.36. The van der Waals surface area contributed by atoms with Crippen molar-refractivity contribution in [3.63, 3.8) is 0 Å². The monoisotopic (exact) mass is 463 g/mol. The van der Waals surface area contributed by atoms with Gasteiger partial charge in [0.25, 0.3) is 0 Å². The number of nitrogens with zero attached hydrogens (tertiary/aromatic N) is 2. The number of carbonyl (C=O) groups excluding carboxylic acids is 1. The van der Waals surface area contributed by atoms with Crippen LogP contribution in [0.5, 0.6) is 0 Å². The van der Waals surface area contributed by atoms with Gasteiger partial charge in [0.1, 0.15) is 23.6 Å². The zero-order valence-corrected chi connectivity index (χ0v) is 19.0. The lowest BCUT2D eigenvalue weighted by molar-refractivity contribution is -0.107. The molecule has 9 heteroatoms. The number of thiazole rings is 2. The summed E-state index contributed by atoms with van der Waals surface area (Å²) in [6.07, 6.45) is 0.264. The summed E-state index contributed by atoms with van der Waals surface area (Å²) in [7, 11) is 1.91. The van der Waals surface area contributed by atoms with Crippen molar-refractivity contribution in [2.45, 2.75) is 20.3 Å². The second-order valence-corrected chi connectivity index (χ2v) is 9.16. The quantitative estimate of drug-likeness (QED) is 0.350. The minimum Gasteiger partial charge on any atom is -0.365 e. The topological polar surface area (TPSA) is 54.9 Å². The molecule has 0 aliphatic heterocycles. The lowest BCUT2D eigenvalue weighted by atomic mass is 10.1. The van der Waals surface area contributed by atoms with Crippen LogP contribution < -0.4 is 5.32 Å². The van der Waals surface area contributed by atoms with Crippen molar-refractivity contribution in [1.82, 2.24) is 9.97 Å². The molecule has 0 bridgehead atoms. The van der Waals surface area contributed by atoms with E-state index >= 15 is 0 Å². The number of rotatable bonds is 5. The van der Waals surface area contributed by atoms with Gasteiger partial charge < -0.3 is 10.1 Å². The number of anilines is 1. The molecule has 0 fully saturated rings. The Bertz CT molecular complexity index is 1120. The summed E-state index contributed by atoms with van der Waals surface area (Å²) in [5.41, 5.74) is 3.19. The number of nitrogens with one attached hydrogen (secondary N) is 1. The van der Waals surface area contributed by atoms with E-state index in [4.69, 9.17) is 4.98 Å². The van der Waals surface area contributed by atoms with Crippen molar-refractivity contribution in [2.24, 2.45) is 0 Å². The molecule has 30 heavy (non-hydrogen) atoms. The third kappa shape index (κ3) is 4.97. The number of thiophene rings is 1. The largest absolute Gasteiger partial charge is 0.365 e. The van der Waals surface area contributed by atoms with Gasteiger partial charge in [-0.1, -0.05) is 17.4 Å². The normalized spacial score (nSPS) is 10.4. The van der Waals surface area contributed by atoms with E-state index in [-0.39, 0.29) is 12.0 Å². The first-order valence-electron chi connectivity index (χ1n) is 8.96. The predicted octanol–water partition coefficient (Wildman–Crippen LogP) is 6.36. The second-order valence-electron chi connectivity index (χ2n) is 6.18. The summed E-state index contributed by atoms with van der Waals surface area (Å²) in [6.45, 7) is 4.09. The Balaban J connectivity index is 0.000000199. The van der Waals surface area contributed by atoms with E-state index in [2.05, 4.69) is 34.1 Å². The van der Waals surface area contributed by atoms with Gasteiger partial charge in [-0.2, -0.15) is 11.3 Å². The Hall–Kier alpha value is -2.49. The molecule has 0 aliphatic rings. The molecule has 1 aromatic carbocycles. The molecule has 156 valence electrons. The maximum absolute atomic E-state index is 12.6. The highest BCUT2D eigenvalue weighted by atomic mass is 32.1. The molecule has 0 unspecified atom stereocenters. The first-order valence-corrected chi connectivity index (χ1v) is 11.5. The van der Waals surface area contributed by atoms with Crippen LogP contribution in [-0.4, -0.2) is 23.3 Å². The molecule has 4 rings (SSSR count). The summed E-state index contributed by atoms with van der Waals surface area (Å²) in [4.78, 5) is 21.6. The summed E-state index contributed by atoms with van der Waals surface area (Å²) in [5, 5.41) is 9.44. The molecule has 1 N–H and O–H groups in total. The number of hydrogen-bond donors (Lipinski definition) is 1. The number of carbonyl (C=O) groups is 1. The Morgan fingerprint density at radius 3 is 2.33 bits per heavy atom. The number of aldehydes is 1. The third-order valence-corrected chi connectivity index (χ3v) is 6.98. The fourth-order valence-electron chi connectivity index (χ4n) is 2.73. The van der Waals surface area contributed by atoms with Gasteiger partial charge in [0.2, 0.25) is 0 Å². The Morgan fingerprint density at radius 1 is 1.07 bits per heavy atom. The summed E-state index contributed by atoms with van der Waals surface area (Å²) in [5.74, 6) is -1.34. The molecule has 0 radical (unpaired) electrons. The SMILES string of the molecule is CNc1nc(-c2sc(C)nc2C)c(-c2ccsc2)s1.O=CCc1c(F)cccc1F. The zero-order valence-electron chi connectivity index (χ0n) is 16.5. The Kier molecular flexibility index (Phi) is 7.41. The van der Waals surface area contributed by atoms with Crippen molar-refractivity contribution in [3.05, 3.63) is 62.9 Å². The minimum absolute atomic E-state index is 0.164. The van der Waals surface area contributed by atoms with Gasteiger partial charge in [0, 0.05) is 24.6 Å². The van der Waals surface area contributed by atoms with Crippen LogP contribution >= 0.6 is 34.0 Å². The highest BCUT2D eigenvalue weighted by molar-refractivity contribution is 7.21. The molecule has 0 spiro atoms. The van der Waals surface area contributed by atoms with Crippen molar-refractivity contribution < 1.29 is 13.6 Å².